The van der Waals surface area contributed by atoms with Gasteiger partial charge in [-0.05, 0) is 102 Å². The van der Waals surface area contributed by atoms with Crippen LogP contribution >= 0.6 is 11.3 Å². The molecule has 12 aromatic rings. The molecule has 56 heavy (non-hydrogen) atoms. The van der Waals surface area contributed by atoms with Crippen molar-refractivity contribution >= 4 is 85.6 Å². The van der Waals surface area contributed by atoms with E-state index in [9.17, 15) is 0 Å². The molecule has 0 amide bonds. The van der Waals surface area contributed by atoms with E-state index in [1.54, 1.807) is 0 Å². The van der Waals surface area contributed by atoms with E-state index in [1.165, 1.54) is 108 Å². The number of nitrogens with zero attached hydrogens (tertiary/aromatic N) is 1. The van der Waals surface area contributed by atoms with Crippen LogP contribution in [0.3, 0.4) is 0 Å². The number of hydrogen-bond acceptors (Lipinski definition) is 1. The number of benzene rings is 10. The van der Waals surface area contributed by atoms with Gasteiger partial charge in [0.05, 0.1) is 11.0 Å². The van der Waals surface area contributed by atoms with Crippen molar-refractivity contribution in [3.63, 3.8) is 0 Å². The Kier molecular flexibility index (Phi) is 6.87. The number of para-hydroxylation sites is 1. The molecular weight excluding hydrogens is 695 g/mol. The molecule has 2 heterocycles. The third-order valence-electron chi connectivity index (χ3n) is 11.8. The SMILES string of the molecule is c1ccc(-c2cccc3c2sc2c(-c4ccc5c(c4)c4ccccc4n5-c4ccc(-c5ccc6c7ccccc7c7ccccc7c6c5)cc4)cccc23)cc1. The maximum Gasteiger partial charge on any atom is 0.0541 e. The van der Waals surface area contributed by atoms with Crippen LogP contribution in [0.2, 0.25) is 0 Å². The van der Waals surface area contributed by atoms with E-state index in [0.29, 0.717) is 0 Å². The summed E-state index contributed by atoms with van der Waals surface area (Å²) in [5.74, 6) is 0. The molecule has 0 saturated carbocycles. The summed E-state index contributed by atoms with van der Waals surface area (Å²) in [6.07, 6.45) is 0. The van der Waals surface area contributed by atoms with Gasteiger partial charge in [0, 0.05) is 36.6 Å². The molecule has 2 heteroatoms. The molecule has 0 bridgehead atoms. The summed E-state index contributed by atoms with van der Waals surface area (Å²) in [6, 6.07) is 73.8. The van der Waals surface area contributed by atoms with E-state index in [4.69, 9.17) is 0 Å². The zero-order valence-electron chi connectivity index (χ0n) is 30.4. The molecule has 12 rings (SSSR count). The third kappa shape index (κ3) is 4.67. The van der Waals surface area contributed by atoms with Gasteiger partial charge in [0.2, 0.25) is 0 Å². The number of hydrogen-bond donors (Lipinski definition) is 0. The maximum absolute atomic E-state index is 2.42. The summed E-state index contributed by atoms with van der Waals surface area (Å²) >= 11 is 1.91. The lowest BCUT2D eigenvalue weighted by Gasteiger charge is -2.13. The zero-order valence-corrected chi connectivity index (χ0v) is 31.2. The van der Waals surface area contributed by atoms with Crippen molar-refractivity contribution in [3.8, 4) is 39.1 Å². The molecule has 0 unspecified atom stereocenters. The van der Waals surface area contributed by atoms with Crippen LogP contribution in [0.4, 0.5) is 0 Å². The molecule has 260 valence electrons. The first-order valence-electron chi connectivity index (χ1n) is 19.3. The summed E-state index contributed by atoms with van der Waals surface area (Å²) in [7, 11) is 0. The maximum atomic E-state index is 2.42. The third-order valence-corrected chi connectivity index (χ3v) is 13.1. The fourth-order valence-electron chi connectivity index (χ4n) is 9.20. The monoisotopic (exact) mass is 727 g/mol. The zero-order chi connectivity index (χ0) is 36.7. The minimum atomic E-state index is 1.16. The molecule has 0 aliphatic rings. The highest BCUT2D eigenvalue weighted by molar-refractivity contribution is 7.26. The minimum Gasteiger partial charge on any atom is -0.309 e. The normalized spacial score (nSPS) is 11.9. The van der Waals surface area contributed by atoms with Crippen LogP contribution in [0.15, 0.2) is 200 Å². The lowest BCUT2D eigenvalue weighted by molar-refractivity contribution is 1.18. The minimum absolute atomic E-state index is 1.16. The Morgan fingerprint density at radius 2 is 0.750 bits per heavy atom. The second kappa shape index (κ2) is 12.3. The van der Waals surface area contributed by atoms with Gasteiger partial charge >= 0.3 is 0 Å². The van der Waals surface area contributed by atoms with Crippen molar-refractivity contribution < 1.29 is 0 Å². The number of fused-ring (bicyclic) bond motifs is 12. The van der Waals surface area contributed by atoms with Crippen LogP contribution in [-0.2, 0) is 0 Å². The second-order valence-corrected chi connectivity index (χ2v) is 15.8. The fourth-order valence-corrected chi connectivity index (χ4v) is 10.6. The first-order valence-corrected chi connectivity index (χ1v) is 20.1. The molecular formula is C54H33NS. The van der Waals surface area contributed by atoms with E-state index in [2.05, 4.69) is 205 Å². The molecule has 2 aromatic heterocycles. The molecule has 0 spiro atoms. The Morgan fingerprint density at radius 1 is 0.268 bits per heavy atom. The first-order chi connectivity index (χ1) is 27.8. The van der Waals surface area contributed by atoms with Crippen molar-refractivity contribution in [1.82, 2.24) is 4.57 Å². The van der Waals surface area contributed by atoms with E-state index in [0.717, 1.165) is 5.69 Å². The van der Waals surface area contributed by atoms with Crippen molar-refractivity contribution in [2.45, 2.75) is 0 Å². The number of thiophene rings is 1. The smallest absolute Gasteiger partial charge is 0.0541 e. The molecule has 1 nitrogen and oxygen atoms in total. The quantitative estimate of drug-likeness (QED) is 0.159. The van der Waals surface area contributed by atoms with Crippen LogP contribution in [0, 0.1) is 0 Å². The van der Waals surface area contributed by atoms with Crippen LogP contribution in [-0.4, -0.2) is 4.57 Å². The average molecular weight is 728 g/mol. The first kappa shape index (κ1) is 31.4. The van der Waals surface area contributed by atoms with E-state index >= 15 is 0 Å². The van der Waals surface area contributed by atoms with Gasteiger partial charge in [-0.1, -0.05) is 164 Å². The predicted octanol–water partition coefficient (Wildman–Crippen LogP) is 15.6. The van der Waals surface area contributed by atoms with Crippen LogP contribution in [0.5, 0.6) is 0 Å². The molecule has 0 fully saturated rings. The van der Waals surface area contributed by atoms with Gasteiger partial charge in [-0.2, -0.15) is 0 Å². The van der Waals surface area contributed by atoms with Gasteiger partial charge in [0.25, 0.3) is 0 Å². The lowest BCUT2D eigenvalue weighted by Crippen LogP contribution is -1.93. The molecule has 0 N–H and O–H groups in total. The van der Waals surface area contributed by atoms with E-state index in [1.807, 2.05) is 11.3 Å². The van der Waals surface area contributed by atoms with E-state index < -0.39 is 0 Å². The van der Waals surface area contributed by atoms with Crippen LogP contribution < -0.4 is 0 Å². The Labute approximate surface area is 327 Å². The van der Waals surface area contributed by atoms with Gasteiger partial charge in [-0.3, -0.25) is 0 Å². The van der Waals surface area contributed by atoms with Crippen LogP contribution in [0.1, 0.15) is 0 Å². The Morgan fingerprint density at radius 3 is 1.43 bits per heavy atom. The number of rotatable bonds is 4. The van der Waals surface area contributed by atoms with Crippen molar-refractivity contribution in [2.24, 2.45) is 0 Å². The summed E-state index contributed by atoms with van der Waals surface area (Å²) < 4.78 is 5.09. The van der Waals surface area contributed by atoms with E-state index in [-0.39, 0.29) is 0 Å². The Bertz CT molecular complexity index is 3480. The Balaban J connectivity index is 0.974. The standard InChI is InChI=1S/C54H33NS/c1-2-12-35(13-3-1)39-19-10-21-47-48-22-11-20-40(54(48)56-53(39)47)37-27-31-52-50(33-37)46-18-8-9-23-51(46)55(52)38-28-24-34(25-29-38)36-26-30-45-43-16-5-4-14-41(43)42-15-6-7-17-44(42)49(45)32-36/h1-33H. The summed E-state index contributed by atoms with van der Waals surface area (Å²) in [5, 5.41) is 13.0. The van der Waals surface area contributed by atoms with Crippen molar-refractivity contribution in [3.05, 3.63) is 200 Å². The predicted molar refractivity (Wildman–Crippen MR) is 242 cm³/mol. The molecule has 0 saturated heterocycles. The highest BCUT2D eigenvalue weighted by Crippen LogP contribution is 2.45. The van der Waals surface area contributed by atoms with Gasteiger partial charge in [-0.25, -0.2) is 0 Å². The summed E-state index contributed by atoms with van der Waals surface area (Å²) in [4.78, 5) is 0. The fraction of sp³-hybridized carbons (Fsp3) is 0. The molecule has 0 atom stereocenters. The van der Waals surface area contributed by atoms with Gasteiger partial charge in [0.1, 0.15) is 0 Å². The summed E-state index contributed by atoms with van der Waals surface area (Å²) in [5.41, 5.74) is 11.1. The number of aromatic nitrogens is 1. The lowest BCUT2D eigenvalue weighted by atomic mass is 9.92. The summed E-state index contributed by atoms with van der Waals surface area (Å²) in [6.45, 7) is 0. The second-order valence-electron chi connectivity index (χ2n) is 14.8. The average Bonchev–Trinajstić information content (AvgIpc) is 3.82. The van der Waals surface area contributed by atoms with Gasteiger partial charge in [-0.15, -0.1) is 11.3 Å². The Hall–Kier alpha value is -7.00. The topological polar surface area (TPSA) is 4.93 Å². The van der Waals surface area contributed by atoms with Crippen molar-refractivity contribution in [2.75, 3.05) is 0 Å². The largest absolute Gasteiger partial charge is 0.309 e. The highest BCUT2D eigenvalue weighted by atomic mass is 32.1. The van der Waals surface area contributed by atoms with Crippen LogP contribution in [0.25, 0.3) is 113 Å². The van der Waals surface area contributed by atoms with Gasteiger partial charge < -0.3 is 4.57 Å². The van der Waals surface area contributed by atoms with Gasteiger partial charge in [0.15, 0.2) is 0 Å². The van der Waals surface area contributed by atoms with Crippen molar-refractivity contribution in [1.29, 1.82) is 0 Å². The molecule has 0 radical (unpaired) electrons. The molecule has 0 aliphatic carbocycles. The molecule has 10 aromatic carbocycles. The molecule has 0 aliphatic heterocycles. The highest BCUT2D eigenvalue weighted by Gasteiger charge is 2.17.